The molecule has 0 spiro atoms. The largest absolute Gasteiger partial charge is 0.382 e. The van der Waals surface area contributed by atoms with Crippen LogP contribution in [-0.2, 0) is 9.47 Å². The summed E-state index contributed by atoms with van der Waals surface area (Å²) < 4.78 is 10.6. The second kappa shape index (κ2) is 8.73. The van der Waals surface area contributed by atoms with E-state index in [1.54, 1.807) is 0 Å². The predicted octanol–water partition coefficient (Wildman–Crippen LogP) is 1.01. The molecule has 0 atom stereocenters. The fraction of sp³-hybridized carbons (Fsp3) is 0.909. The van der Waals surface area contributed by atoms with Crippen molar-refractivity contribution in [2.45, 2.75) is 19.8 Å². The number of hydrogen-bond acceptors (Lipinski definition) is 3. The predicted molar refractivity (Wildman–Crippen MR) is 68.7 cm³/mol. The standard InChI is InChI=1S/C11H22N2O2S/c1-2-14-8-3-5-12-11(16)13-6-4-9-15-10-7-13/h2-10H2,1H3,(H,12,16). The smallest absolute Gasteiger partial charge is 0.169 e. The Balaban J connectivity index is 2.08. The Morgan fingerprint density at radius 1 is 1.44 bits per heavy atom. The van der Waals surface area contributed by atoms with Crippen LogP contribution in [0.5, 0.6) is 0 Å². The van der Waals surface area contributed by atoms with Crippen LogP contribution in [0.1, 0.15) is 19.8 Å². The van der Waals surface area contributed by atoms with Crippen LogP contribution < -0.4 is 5.32 Å². The third-order valence-corrected chi connectivity index (χ3v) is 2.86. The Labute approximate surface area is 103 Å². The summed E-state index contributed by atoms with van der Waals surface area (Å²) in [5, 5.41) is 4.11. The Morgan fingerprint density at radius 3 is 3.12 bits per heavy atom. The quantitative estimate of drug-likeness (QED) is 0.578. The number of thiocarbonyl (C=S) groups is 1. The van der Waals surface area contributed by atoms with E-state index in [9.17, 15) is 0 Å². The van der Waals surface area contributed by atoms with Crippen molar-refractivity contribution >= 4 is 17.3 Å². The first-order chi connectivity index (χ1) is 7.84. The molecule has 1 rings (SSSR count). The topological polar surface area (TPSA) is 33.7 Å². The van der Waals surface area contributed by atoms with E-state index in [2.05, 4.69) is 10.2 Å². The van der Waals surface area contributed by atoms with Crippen LogP contribution in [-0.4, -0.2) is 56.1 Å². The van der Waals surface area contributed by atoms with E-state index in [1.165, 1.54) is 0 Å². The monoisotopic (exact) mass is 246 g/mol. The lowest BCUT2D eigenvalue weighted by Gasteiger charge is -2.23. The summed E-state index contributed by atoms with van der Waals surface area (Å²) in [5.41, 5.74) is 0. The Morgan fingerprint density at radius 2 is 2.31 bits per heavy atom. The molecule has 0 unspecified atom stereocenters. The summed E-state index contributed by atoms with van der Waals surface area (Å²) in [6.07, 6.45) is 2.05. The Hall–Kier alpha value is -0.390. The lowest BCUT2D eigenvalue weighted by molar-refractivity contribution is 0.145. The maximum Gasteiger partial charge on any atom is 0.169 e. The van der Waals surface area contributed by atoms with Gasteiger partial charge in [-0.15, -0.1) is 0 Å². The lowest BCUT2D eigenvalue weighted by atomic mass is 10.4. The third kappa shape index (κ3) is 5.63. The highest BCUT2D eigenvalue weighted by molar-refractivity contribution is 7.80. The van der Waals surface area contributed by atoms with Crippen molar-refractivity contribution in [3.8, 4) is 0 Å². The molecule has 0 saturated carbocycles. The molecule has 0 aromatic rings. The molecule has 0 radical (unpaired) electrons. The molecule has 1 fully saturated rings. The van der Waals surface area contributed by atoms with Gasteiger partial charge in [0.2, 0.25) is 0 Å². The highest BCUT2D eigenvalue weighted by Crippen LogP contribution is 1.99. The zero-order valence-electron chi connectivity index (χ0n) is 10.0. The zero-order chi connectivity index (χ0) is 11.6. The van der Waals surface area contributed by atoms with Gasteiger partial charge in [-0.3, -0.25) is 0 Å². The molecular weight excluding hydrogens is 224 g/mol. The van der Waals surface area contributed by atoms with Crippen molar-refractivity contribution in [2.75, 3.05) is 46.1 Å². The molecule has 94 valence electrons. The third-order valence-electron chi connectivity index (χ3n) is 2.46. The van der Waals surface area contributed by atoms with Gasteiger partial charge in [-0.2, -0.15) is 0 Å². The highest BCUT2D eigenvalue weighted by Gasteiger charge is 2.11. The number of hydrogen-bond donors (Lipinski definition) is 1. The van der Waals surface area contributed by atoms with Gasteiger partial charge in [0.25, 0.3) is 0 Å². The van der Waals surface area contributed by atoms with E-state index >= 15 is 0 Å². The van der Waals surface area contributed by atoms with E-state index in [-0.39, 0.29) is 0 Å². The van der Waals surface area contributed by atoms with Crippen LogP contribution in [0.3, 0.4) is 0 Å². The highest BCUT2D eigenvalue weighted by atomic mass is 32.1. The average molecular weight is 246 g/mol. The number of nitrogens with zero attached hydrogens (tertiary/aromatic N) is 1. The van der Waals surface area contributed by atoms with Gasteiger partial charge in [0.1, 0.15) is 0 Å². The van der Waals surface area contributed by atoms with Gasteiger partial charge in [-0.1, -0.05) is 0 Å². The Bertz CT molecular complexity index is 194. The summed E-state index contributed by atoms with van der Waals surface area (Å²) >= 11 is 5.33. The van der Waals surface area contributed by atoms with Crippen LogP contribution in [0.15, 0.2) is 0 Å². The number of rotatable bonds is 5. The summed E-state index contributed by atoms with van der Waals surface area (Å²) in [4.78, 5) is 2.18. The molecule has 1 saturated heterocycles. The SMILES string of the molecule is CCOCCCNC(=S)N1CCCOCC1. The first-order valence-electron chi connectivity index (χ1n) is 6.03. The van der Waals surface area contributed by atoms with Gasteiger partial charge in [0, 0.05) is 39.5 Å². The van der Waals surface area contributed by atoms with Crippen LogP contribution in [0.2, 0.25) is 0 Å². The van der Waals surface area contributed by atoms with E-state index in [0.717, 1.165) is 64.0 Å². The first kappa shape index (κ1) is 13.7. The molecule has 0 aromatic heterocycles. The van der Waals surface area contributed by atoms with Crippen LogP contribution in [0.4, 0.5) is 0 Å². The second-order valence-electron chi connectivity index (χ2n) is 3.74. The van der Waals surface area contributed by atoms with E-state index < -0.39 is 0 Å². The number of nitrogens with one attached hydrogen (secondary N) is 1. The normalized spacial score (nSPS) is 16.9. The molecule has 1 heterocycles. The molecule has 1 aliphatic heterocycles. The van der Waals surface area contributed by atoms with E-state index in [0.29, 0.717) is 0 Å². The fourth-order valence-corrected chi connectivity index (χ4v) is 1.86. The minimum absolute atomic E-state index is 0.779. The molecule has 0 bridgehead atoms. The van der Waals surface area contributed by atoms with Crippen molar-refractivity contribution in [1.82, 2.24) is 10.2 Å². The van der Waals surface area contributed by atoms with Crippen molar-refractivity contribution < 1.29 is 9.47 Å². The minimum Gasteiger partial charge on any atom is -0.382 e. The molecule has 4 nitrogen and oxygen atoms in total. The molecule has 5 heteroatoms. The fourth-order valence-electron chi connectivity index (χ4n) is 1.57. The van der Waals surface area contributed by atoms with Crippen LogP contribution in [0.25, 0.3) is 0 Å². The molecule has 1 aliphatic rings. The summed E-state index contributed by atoms with van der Waals surface area (Å²) in [5.74, 6) is 0. The van der Waals surface area contributed by atoms with Gasteiger partial charge >= 0.3 is 0 Å². The maximum absolute atomic E-state index is 5.38. The molecule has 16 heavy (non-hydrogen) atoms. The van der Waals surface area contributed by atoms with E-state index in [1.807, 2.05) is 6.92 Å². The first-order valence-corrected chi connectivity index (χ1v) is 6.43. The van der Waals surface area contributed by atoms with Gasteiger partial charge in [-0.05, 0) is 32.0 Å². The van der Waals surface area contributed by atoms with Crippen LogP contribution >= 0.6 is 12.2 Å². The summed E-state index contributed by atoms with van der Waals surface area (Å²) in [6, 6.07) is 0. The zero-order valence-corrected chi connectivity index (χ0v) is 10.9. The van der Waals surface area contributed by atoms with E-state index in [4.69, 9.17) is 21.7 Å². The molecular formula is C11H22N2O2S. The number of ether oxygens (including phenoxy) is 2. The molecule has 0 aromatic carbocycles. The van der Waals surface area contributed by atoms with Gasteiger partial charge in [0.05, 0.1) is 6.61 Å². The second-order valence-corrected chi connectivity index (χ2v) is 4.12. The lowest BCUT2D eigenvalue weighted by Crippen LogP contribution is -2.41. The van der Waals surface area contributed by atoms with Gasteiger partial charge < -0.3 is 19.7 Å². The minimum atomic E-state index is 0.779. The van der Waals surface area contributed by atoms with Crippen LogP contribution in [0, 0.1) is 0 Å². The Kier molecular flexibility index (Phi) is 7.46. The maximum atomic E-state index is 5.38. The molecule has 0 aliphatic carbocycles. The van der Waals surface area contributed by atoms with Crippen molar-refractivity contribution in [3.05, 3.63) is 0 Å². The van der Waals surface area contributed by atoms with Crippen molar-refractivity contribution in [2.24, 2.45) is 0 Å². The average Bonchev–Trinajstić information content (AvgIpc) is 2.57. The van der Waals surface area contributed by atoms with Crippen molar-refractivity contribution in [1.29, 1.82) is 0 Å². The molecule has 1 N–H and O–H groups in total. The molecule has 0 amide bonds. The summed E-state index contributed by atoms with van der Waals surface area (Å²) in [7, 11) is 0. The van der Waals surface area contributed by atoms with Gasteiger partial charge in [0.15, 0.2) is 5.11 Å². The van der Waals surface area contributed by atoms with Crippen molar-refractivity contribution in [3.63, 3.8) is 0 Å². The van der Waals surface area contributed by atoms with Gasteiger partial charge in [-0.25, -0.2) is 0 Å². The summed E-state index contributed by atoms with van der Waals surface area (Å²) in [6.45, 7) is 8.01.